The predicted octanol–water partition coefficient (Wildman–Crippen LogP) is 3.10. The second-order valence-electron chi connectivity index (χ2n) is 6.01. The number of nitrogens with one attached hydrogen (secondary N) is 2. The molecule has 1 aliphatic heterocycles. The zero-order valence-electron chi connectivity index (χ0n) is 13.1. The summed E-state index contributed by atoms with van der Waals surface area (Å²) in [6.45, 7) is 9.44. The van der Waals surface area contributed by atoms with Gasteiger partial charge in [-0.05, 0) is 44.7 Å². The normalized spacial score (nSPS) is 19.9. The lowest BCUT2D eigenvalue weighted by molar-refractivity contribution is -0.133. The molecule has 0 aromatic heterocycles. The number of amides is 1. The molecule has 1 atom stereocenters. The molecule has 0 aromatic carbocycles. The third kappa shape index (κ3) is 4.79. The number of carbonyl (C=O) groups is 1. The van der Waals surface area contributed by atoms with Crippen LogP contribution in [0.15, 0.2) is 0 Å². The molecule has 3 nitrogen and oxygen atoms in total. The summed E-state index contributed by atoms with van der Waals surface area (Å²) in [5, 5.41) is 6.59. The predicted molar refractivity (Wildman–Crippen MR) is 81.1 cm³/mol. The summed E-state index contributed by atoms with van der Waals surface area (Å²) in [6, 6.07) is 0. The van der Waals surface area contributed by atoms with Crippen molar-refractivity contribution in [3.63, 3.8) is 0 Å². The van der Waals surface area contributed by atoms with Gasteiger partial charge in [0.2, 0.25) is 5.91 Å². The Morgan fingerprint density at radius 3 is 2.47 bits per heavy atom. The van der Waals surface area contributed by atoms with Gasteiger partial charge in [0.05, 0.1) is 5.41 Å². The topological polar surface area (TPSA) is 41.1 Å². The van der Waals surface area contributed by atoms with Crippen molar-refractivity contribution in [1.82, 2.24) is 10.6 Å². The van der Waals surface area contributed by atoms with Gasteiger partial charge in [0.25, 0.3) is 0 Å². The standard InChI is InChI=1S/C16H32N2O/c1-4-7-8-14(5-2)13-18-15(19)16(6-3)9-11-17-12-10-16/h14,17H,4-13H2,1-3H3,(H,18,19). The maximum atomic E-state index is 12.5. The van der Waals surface area contributed by atoms with Crippen LogP contribution < -0.4 is 10.6 Å². The number of rotatable bonds is 8. The Kier molecular flexibility index (Phi) is 7.44. The van der Waals surface area contributed by atoms with E-state index in [1.807, 2.05) is 0 Å². The van der Waals surface area contributed by atoms with Gasteiger partial charge in [0.1, 0.15) is 0 Å². The van der Waals surface area contributed by atoms with Crippen molar-refractivity contribution in [2.75, 3.05) is 19.6 Å². The molecule has 1 fully saturated rings. The number of piperidine rings is 1. The Morgan fingerprint density at radius 2 is 1.95 bits per heavy atom. The third-order valence-corrected chi connectivity index (χ3v) is 4.81. The average molecular weight is 268 g/mol. The highest BCUT2D eigenvalue weighted by molar-refractivity contribution is 5.82. The first kappa shape index (κ1) is 16.5. The molecule has 0 saturated carbocycles. The molecular weight excluding hydrogens is 236 g/mol. The van der Waals surface area contributed by atoms with E-state index in [9.17, 15) is 4.79 Å². The summed E-state index contributed by atoms with van der Waals surface area (Å²) >= 11 is 0. The molecular formula is C16H32N2O. The monoisotopic (exact) mass is 268 g/mol. The lowest BCUT2D eigenvalue weighted by Gasteiger charge is -2.35. The van der Waals surface area contributed by atoms with Gasteiger partial charge in [-0.15, -0.1) is 0 Å². The average Bonchev–Trinajstić information content (AvgIpc) is 2.47. The van der Waals surface area contributed by atoms with Crippen LogP contribution >= 0.6 is 0 Å². The molecule has 1 aliphatic rings. The highest BCUT2D eigenvalue weighted by Gasteiger charge is 2.37. The summed E-state index contributed by atoms with van der Waals surface area (Å²) in [6.07, 6.45) is 7.87. The summed E-state index contributed by atoms with van der Waals surface area (Å²) < 4.78 is 0. The first-order valence-corrected chi connectivity index (χ1v) is 8.17. The Hall–Kier alpha value is -0.570. The van der Waals surface area contributed by atoms with Crippen molar-refractivity contribution in [2.24, 2.45) is 11.3 Å². The van der Waals surface area contributed by atoms with E-state index in [-0.39, 0.29) is 5.41 Å². The van der Waals surface area contributed by atoms with Crippen molar-refractivity contribution < 1.29 is 4.79 Å². The number of hydrogen-bond acceptors (Lipinski definition) is 2. The molecule has 19 heavy (non-hydrogen) atoms. The maximum Gasteiger partial charge on any atom is 0.226 e. The second kappa shape index (κ2) is 8.57. The van der Waals surface area contributed by atoms with Gasteiger partial charge in [-0.1, -0.05) is 40.0 Å². The molecule has 3 heteroatoms. The van der Waals surface area contributed by atoms with E-state index in [1.54, 1.807) is 0 Å². The van der Waals surface area contributed by atoms with E-state index >= 15 is 0 Å². The fraction of sp³-hybridized carbons (Fsp3) is 0.938. The fourth-order valence-corrected chi connectivity index (χ4v) is 3.01. The Bertz CT molecular complexity index is 259. The Morgan fingerprint density at radius 1 is 1.26 bits per heavy atom. The number of unbranched alkanes of at least 4 members (excludes halogenated alkanes) is 1. The Balaban J connectivity index is 2.43. The lowest BCUT2D eigenvalue weighted by atomic mass is 9.75. The fourth-order valence-electron chi connectivity index (χ4n) is 3.01. The summed E-state index contributed by atoms with van der Waals surface area (Å²) in [4.78, 5) is 12.5. The second-order valence-corrected chi connectivity index (χ2v) is 6.01. The van der Waals surface area contributed by atoms with Crippen molar-refractivity contribution in [1.29, 1.82) is 0 Å². The van der Waals surface area contributed by atoms with E-state index in [2.05, 4.69) is 31.4 Å². The van der Waals surface area contributed by atoms with E-state index in [4.69, 9.17) is 0 Å². The molecule has 1 unspecified atom stereocenters. The first-order valence-electron chi connectivity index (χ1n) is 8.17. The SMILES string of the molecule is CCCCC(CC)CNC(=O)C1(CC)CCNCC1. The molecule has 1 amide bonds. The minimum absolute atomic E-state index is 0.103. The van der Waals surface area contributed by atoms with Crippen LogP contribution in [0.2, 0.25) is 0 Å². The summed E-state index contributed by atoms with van der Waals surface area (Å²) in [5.74, 6) is 0.950. The van der Waals surface area contributed by atoms with Crippen LogP contribution in [0.25, 0.3) is 0 Å². The van der Waals surface area contributed by atoms with Gasteiger partial charge in [-0.3, -0.25) is 4.79 Å². The largest absolute Gasteiger partial charge is 0.355 e. The minimum Gasteiger partial charge on any atom is -0.355 e. The third-order valence-electron chi connectivity index (χ3n) is 4.81. The van der Waals surface area contributed by atoms with Gasteiger partial charge in [-0.2, -0.15) is 0 Å². The van der Waals surface area contributed by atoms with E-state index in [0.717, 1.165) is 38.9 Å². The van der Waals surface area contributed by atoms with Gasteiger partial charge >= 0.3 is 0 Å². The van der Waals surface area contributed by atoms with Crippen LogP contribution in [0.4, 0.5) is 0 Å². The van der Waals surface area contributed by atoms with Crippen LogP contribution in [0, 0.1) is 11.3 Å². The van der Waals surface area contributed by atoms with Crippen molar-refractivity contribution in [3.05, 3.63) is 0 Å². The first-order chi connectivity index (χ1) is 9.18. The van der Waals surface area contributed by atoms with E-state index in [1.165, 1.54) is 25.7 Å². The molecule has 112 valence electrons. The van der Waals surface area contributed by atoms with Gasteiger partial charge < -0.3 is 10.6 Å². The van der Waals surface area contributed by atoms with Crippen molar-refractivity contribution in [3.8, 4) is 0 Å². The maximum absolute atomic E-state index is 12.5. The van der Waals surface area contributed by atoms with Crippen LogP contribution in [0.1, 0.15) is 65.7 Å². The molecule has 1 saturated heterocycles. The molecule has 0 bridgehead atoms. The highest BCUT2D eigenvalue weighted by Crippen LogP contribution is 2.32. The quantitative estimate of drug-likeness (QED) is 0.710. The van der Waals surface area contributed by atoms with Crippen LogP contribution in [-0.4, -0.2) is 25.5 Å². The van der Waals surface area contributed by atoms with E-state index < -0.39 is 0 Å². The number of hydrogen-bond donors (Lipinski definition) is 2. The van der Waals surface area contributed by atoms with Crippen LogP contribution in [0.3, 0.4) is 0 Å². The minimum atomic E-state index is -0.103. The summed E-state index contributed by atoms with van der Waals surface area (Å²) in [5.41, 5.74) is -0.103. The van der Waals surface area contributed by atoms with Crippen LogP contribution in [0.5, 0.6) is 0 Å². The molecule has 1 rings (SSSR count). The van der Waals surface area contributed by atoms with Crippen molar-refractivity contribution >= 4 is 5.91 Å². The zero-order valence-corrected chi connectivity index (χ0v) is 13.1. The smallest absolute Gasteiger partial charge is 0.226 e. The highest BCUT2D eigenvalue weighted by atomic mass is 16.2. The molecule has 0 spiro atoms. The molecule has 1 heterocycles. The molecule has 0 radical (unpaired) electrons. The van der Waals surface area contributed by atoms with Crippen molar-refractivity contribution in [2.45, 2.75) is 65.7 Å². The molecule has 0 aromatic rings. The zero-order chi connectivity index (χ0) is 14.1. The van der Waals surface area contributed by atoms with Gasteiger partial charge in [0.15, 0.2) is 0 Å². The Labute approximate surface area is 118 Å². The number of carbonyl (C=O) groups excluding carboxylic acids is 1. The van der Waals surface area contributed by atoms with E-state index in [0.29, 0.717) is 11.8 Å². The van der Waals surface area contributed by atoms with Crippen LogP contribution in [-0.2, 0) is 4.79 Å². The summed E-state index contributed by atoms with van der Waals surface area (Å²) in [7, 11) is 0. The van der Waals surface area contributed by atoms with Gasteiger partial charge in [-0.25, -0.2) is 0 Å². The van der Waals surface area contributed by atoms with Gasteiger partial charge in [0, 0.05) is 6.54 Å². The molecule has 2 N–H and O–H groups in total. The molecule has 0 aliphatic carbocycles. The lowest BCUT2D eigenvalue weighted by Crippen LogP contribution is -2.48.